The van der Waals surface area contributed by atoms with Crippen LogP contribution in [-0.2, 0) is 9.59 Å². The highest BCUT2D eigenvalue weighted by atomic mass is 35.5. The fourth-order valence-electron chi connectivity index (χ4n) is 3.79. The number of aromatic nitrogens is 1. The molecule has 1 saturated heterocycles. The van der Waals surface area contributed by atoms with Crippen LogP contribution in [0.2, 0.25) is 5.02 Å². The first-order valence-corrected chi connectivity index (χ1v) is 11.8. The van der Waals surface area contributed by atoms with Gasteiger partial charge < -0.3 is 14.6 Å². The summed E-state index contributed by atoms with van der Waals surface area (Å²) in [6.45, 7) is 6.14. The van der Waals surface area contributed by atoms with Crippen LogP contribution in [-0.4, -0.2) is 35.5 Å². The molecule has 1 N–H and O–H groups in total. The van der Waals surface area contributed by atoms with Gasteiger partial charge in [0.05, 0.1) is 36.0 Å². The number of carbonyl (C=O) groups is 2. The highest BCUT2D eigenvalue weighted by Crippen LogP contribution is 2.44. The Morgan fingerprint density at radius 1 is 1.18 bits per heavy atom. The Bertz CT molecular complexity index is 1280. The fourth-order valence-corrected chi connectivity index (χ4v) is 4.98. The van der Waals surface area contributed by atoms with Crippen molar-refractivity contribution in [3.63, 3.8) is 0 Å². The van der Waals surface area contributed by atoms with Crippen molar-refractivity contribution < 1.29 is 24.2 Å². The van der Waals surface area contributed by atoms with Crippen molar-refractivity contribution in [2.75, 3.05) is 18.6 Å². The summed E-state index contributed by atoms with van der Waals surface area (Å²) in [7, 11) is 1.48. The van der Waals surface area contributed by atoms with Crippen LogP contribution in [0.3, 0.4) is 0 Å². The maximum Gasteiger partial charge on any atom is 0.301 e. The molecule has 176 valence electrons. The van der Waals surface area contributed by atoms with E-state index in [0.717, 1.165) is 10.6 Å². The number of nitrogens with zero attached hydrogens (tertiary/aromatic N) is 2. The number of thiazole rings is 1. The predicted molar refractivity (Wildman–Crippen MR) is 132 cm³/mol. The van der Waals surface area contributed by atoms with Crippen LogP contribution < -0.4 is 14.4 Å². The lowest BCUT2D eigenvalue weighted by Gasteiger charge is -2.23. The van der Waals surface area contributed by atoms with E-state index in [4.69, 9.17) is 21.1 Å². The molecule has 1 amide bonds. The molecule has 1 aliphatic rings. The molecule has 1 aromatic heterocycles. The number of aryl methyl sites for hydroxylation is 2. The van der Waals surface area contributed by atoms with Crippen LogP contribution in [0.1, 0.15) is 34.7 Å². The second kappa shape index (κ2) is 9.48. The number of aliphatic hydroxyl groups is 1. The molecule has 4 rings (SSSR count). The number of carbonyl (C=O) groups excluding carboxylic acids is 2. The molecule has 0 aliphatic carbocycles. The van der Waals surface area contributed by atoms with E-state index in [1.54, 1.807) is 36.4 Å². The molecule has 1 fully saturated rings. The van der Waals surface area contributed by atoms with Crippen LogP contribution >= 0.6 is 22.9 Å². The first kappa shape index (κ1) is 23.8. The van der Waals surface area contributed by atoms with Crippen molar-refractivity contribution in [3.8, 4) is 11.5 Å². The zero-order chi connectivity index (χ0) is 24.6. The number of amides is 1. The zero-order valence-corrected chi connectivity index (χ0v) is 20.7. The van der Waals surface area contributed by atoms with Gasteiger partial charge in [-0.25, -0.2) is 4.98 Å². The van der Waals surface area contributed by atoms with E-state index in [1.165, 1.54) is 29.4 Å². The molecule has 0 saturated carbocycles. The van der Waals surface area contributed by atoms with Gasteiger partial charge in [0, 0.05) is 10.4 Å². The van der Waals surface area contributed by atoms with Gasteiger partial charge in [0.25, 0.3) is 5.78 Å². The van der Waals surface area contributed by atoms with Gasteiger partial charge in [-0.2, -0.15) is 0 Å². The number of aliphatic hydroxyl groups excluding tert-OH is 1. The number of benzene rings is 2. The van der Waals surface area contributed by atoms with Crippen molar-refractivity contribution in [2.24, 2.45) is 0 Å². The fraction of sp³-hybridized carbons (Fsp3) is 0.240. The van der Waals surface area contributed by atoms with E-state index in [1.807, 2.05) is 20.8 Å². The van der Waals surface area contributed by atoms with Crippen LogP contribution in [0.15, 0.2) is 48.0 Å². The number of Topliss-reactive ketones (excluding diaryl/α,β-unsaturated/α-hetero) is 1. The Morgan fingerprint density at radius 3 is 2.44 bits per heavy atom. The average molecular weight is 499 g/mol. The Labute approximate surface area is 206 Å². The van der Waals surface area contributed by atoms with E-state index < -0.39 is 17.7 Å². The van der Waals surface area contributed by atoms with Crippen molar-refractivity contribution in [1.82, 2.24) is 4.98 Å². The second-order valence-corrected chi connectivity index (χ2v) is 9.25. The van der Waals surface area contributed by atoms with Crippen LogP contribution in [0.4, 0.5) is 5.13 Å². The molecule has 7 nitrogen and oxygen atoms in total. The summed E-state index contributed by atoms with van der Waals surface area (Å²) in [6, 6.07) is 10.9. The van der Waals surface area contributed by atoms with E-state index >= 15 is 0 Å². The topological polar surface area (TPSA) is 89.0 Å². The number of halogens is 1. The molecule has 0 spiro atoms. The van der Waals surface area contributed by atoms with Gasteiger partial charge in [0.15, 0.2) is 5.13 Å². The van der Waals surface area contributed by atoms with Gasteiger partial charge in [0.1, 0.15) is 17.3 Å². The number of methoxy groups -OCH3 is 1. The molecule has 1 unspecified atom stereocenters. The highest BCUT2D eigenvalue weighted by Gasteiger charge is 2.48. The molecule has 0 bridgehead atoms. The monoisotopic (exact) mass is 498 g/mol. The minimum Gasteiger partial charge on any atom is -0.507 e. The minimum absolute atomic E-state index is 0.0408. The average Bonchev–Trinajstić information content (AvgIpc) is 3.29. The normalized spacial score (nSPS) is 17.3. The quantitative estimate of drug-likeness (QED) is 0.276. The predicted octanol–water partition coefficient (Wildman–Crippen LogP) is 5.45. The number of anilines is 1. The summed E-state index contributed by atoms with van der Waals surface area (Å²) in [5.41, 5.74) is 1.66. The van der Waals surface area contributed by atoms with Crippen LogP contribution in [0.5, 0.6) is 11.5 Å². The van der Waals surface area contributed by atoms with Crippen molar-refractivity contribution in [1.29, 1.82) is 0 Å². The van der Waals surface area contributed by atoms with E-state index in [9.17, 15) is 14.7 Å². The molecule has 1 atom stereocenters. The third-order valence-electron chi connectivity index (χ3n) is 5.60. The Balaban J connectivity index is 1.91. The molecule has 1 aliphatic heterocycles. The van der Waals surface area contributed by atoms with Gasteiger partial charge in [-0.1, -0.05) is 23.7 Å². The van der Waals surface area contributed by atoms with E-state index in [2.05, 4.69) is 4.98 Å². The molecule has 0 radical (unpaired) electrons. The van der Waals surface area contributed by atoms with Gasteiger partial charge >= 0.3 is 5.91 Å². The molecule has 2 aromatic carbocycles. The molecule has 3 aromatic rings. The zero-order valence-electron chi connectivity index (χ0n) is 19.1. The first-order valence-electron chi connectivity index (χ1n) is 10.6. The molecular formula is C25H23ClN2O5S. The molecular weight excluding hydrogens is 476 g/mol. The van der Waals surface area contributed by atoms with Gasteiger partial charge in [0.2, 0.25) is 0 Å². The van der Waals surface area contributed by atoms with E-state index in [0.29, 0.717) is 34.4 Å². The number of rotatable bonds is 6. The lowest BCUT2D eigenvalue weighted by Crippen LogP contribution is -2.29. The van der Waals surface area contributed by atoms with Gasteiger partial charge in [-0.3, -0.25) is 14.5 Å². The Hall–Kier alpha value is -3.36. The maximum absolute atomic E-state index is 13.2. The second-order valence-electron chi connectivity index (χ2n) is 7.66. The molecule has 2 heterocycles. The maximum atomic E-state index is 13.2. The smallest absolute Gasteiger partial charge is 0.301 e. The molecule has 9 heteroatoms. The largest absolute Gasteiger partial charge is 0.507 e. The number of ketones is 1. The Kier molecular flexibility index (Phi) is 6.63. The Morgan fingerprint density at radius 2 is 1.88 bits per heavy atom. The van der Waals surface area contributed by atoms with Crippen LogP contribution in [0.25, 0.3) is 5.76 Å². The first-order chi connectivity index (χ1) is 16.3. The third-order valence-corrected chi connectivity index (χ3v) is 6.97. The molecule has 34 heavy (non-hydrogen) atoms. The summed E-state index contributed by atoms with van der Waals surface area (Å²) in [4.78, 5) is 33.3. The van der Waals surface area contributed by atoms with Crippen molar-refractivity contribution in [2.45, 2.75) is 26.8 Å². The summed E-state index contributed by atoms with van der Waals surface area (Å²) >= 11 is 7.57. The highest BCUT2D eigenvalue weighted by molar-refractivity contribution is 7.16. The SMILES string of the molecule is CCOc1ccc(C2/C(=C(\O)c3ccc(OC)c(Cl)c3)C(=O)C(=O)N2c2nc(C)c(C)s2)cc1. The summed E-state index contributed by atoms with van der Waals surface area (Å²) < 4.78 is 10.7. The lowest BCUT2D eigenvalue weighted by atomic mass is 9.95. The standard InChI is InChI=1S/C25H23ClN2O5S/c1-5-33-17-9-6-15(7-10-17)21-20(22(29)16-8-11-19(32-4)18(26)12-16)23(30)24(31)28(21)25-27-13(2)14(3)34-25/h6-12,21,29H,5H2,1-4H3/b22-20+. The van der Waals surface area contributed by atoms with Crippen molar-refractivity contribution in [3.05, 3.63) is 74.8 Å². The summed E-state index contributed by atoms with van der Waals surface area (Å²) in [5, 5.41) is 11.9. The van der Waals surface area contributed by atoms with Crippen molar-refractivity contribution >= 4 is 45.5 Å². The minimum atomic E-state index is -0.874. The van der Waals surface area contributed by atoms with Gasteiger partial charge in [-0.15, -0.1) is 11.3 Å². The van der Waals surface area contributed by atoms with Gasteiger partial charge in [-0.05, 0) is 56.7 Å². The summed E-state index contributed by atoms with van der Waals surface area (Å²) in [5.74, 6) is -0.793. The number of hydrogen-bond donors (Lipinski definition) is 1. The number of hydrogen-bond acceptors (Lipinski definition) is 7. The lowest BCUT2D eigenvalue weighted by molar-refractivity contribution is -0.132. The third kappa shape index (κ3) is 4.15. The van der Waals surface area contributed by atoms with Crippen LogP contribution in [0, 0.1) is 13.8 Å². The van der Waals surface area contributed by atoms with E-state index in [-0.39, 0.29) is 16.4 Å². The summed E-state index contributed by atoms with van der Waals surface area (Å²) in [6.07, 6.45) is 0. The number of ether oxygens (including phenoxy) is 2.